The van der Waals surface area contributed by atoms with Gasteiger partial charge in [0.15, 0.2) is 0 Å². The normalized spacial score (nSPS) is 10.7. The summed E-state index contributed by atoms with van der Waals surface area (Å²) in [5, 5.41) is 3.40. The van der Waals surface area contributed by atoms with E-state index in [1.54, 1.807) is 13.3 Å². The van der Waals surface area contributed by atoms with Crippen molar-refractivity contribution in [2.45, 2.75) is 19.6 Å². The summed E-state index contributed by atoms with van der Waals surface area (Å²) in [5.74, 6) is 1.88. The molecule has 2 heterocycles. The van der Waals surface area contributed by atoms with Crippen LogP contribution in [-0.2, 0) is 19.6 Å². The van der Waals surface area contributed by atoms with E-state index in [9.17, 15) is 0 Å². The van der Waals surface area contributed by atoms with Gasteiger partial charge in [-0.3, -0.25) is 4.98 Å². The Morgan fingerprint density at radius 1 is 1.09 bits per heavy atom. The van der Waals surface area contributed by atoms with Gasteiger partial charge >= 0.3 is 0 Å². The molecule has 0 fully saturated rings. The second-order valence-electron chi connectivity index (χ2n) is 5.29. The highest BCUT2D eigenvalue weighted by atomic mass is 16.5. The van der Waals surface area contributed by atoms with E-state index >= 15 is 0 Å². The minimum Gasteiger partial charge on any atom is -0.497 e. The van der Waals surface area contributed by atoms with Crippen molar-refractivity contribution < 1.29 is 4.74 Å². The van der Waals surface area contributed by atoms with Crippen LogP contribution in [0, 0.1) is 0 Å². The standard InChI is InChI=1S/C18H20N4O/c1-23-17-6-2-4-15(10-17)14-22-9-8-21-18(22)13-20-12-16-5-3-7-19-11-16/h2-11,20H,12-14H2,1H3. The van der Waals surface area contributed by atoms with Crippen LogP contribution >= 0.6 is 0 Å². The molecule has 3 aromatic rings. The molecule has 0 amide bonds. The molecule has 0 bridgehead atoms. The second-order valence-corrected chi connectivity index (χ2v) is 5.29. The summed E-state index contributed by atoms with van der Waals surface area (Å²) in [6.45, 7) is 2.27. The highest BCUT2D eigenvalue weighted by Gasteiger charge is 2.04. The summed E-state index contributed by atoms with van der Waals surface area (Å²) in [6.07, 6.45) is 7.49. The Morgan fingerprint density at radius 2 is 2.00 bits per heavy atom. The molecule has 3 rings (SSSR count). The van der Waals surface area contributed by atoms with E-state index < -0.39 is 0 Å². The molecule has 0 saturated heterocycles. The Bertz CT molecular complexity index is 740. The monoisotopic (exact) mass is 308 g/mol. The summed E-state index contributed by atoms with van der Waals surface area (Å²) < 4.78 is 7.42. The van der Waals surface area contributed by atoms with Crippen LogP contribution in [0.1, 0.15) is 17.0 Å². The molecule has 0 saturated carbocycles. The van der Waals surface area contributed by atoms with Gasteiger partial charge in [0.1, 0.15) is 11.6 Å². The third kappa shape index (κ3) is 4.17. The molecular formula is C18H20N4O. The van der Waals surface area contributed by atoms with Gasteiger partial charge in [0.2, 0.25) is 0 Å². The number of hydrogen-bond donors (Lipinski definition) is 1. The SMILES string of the molecule is COc1cccc(Cn2ccnc2CNCc2cccnc2)c1. The zero-order valence-corrected chi connectivity index (χ0v) is 13.1. The number of imidazole rings is 1. The van der Waals surface area contributed by atoms with Crippen LogP contribution in [0.15, 0.2) is 61.2 Å². The maximum Gasteiger partial charge on any atom is 0.122 e. The van der Waals surface area contributed by atoms with E-state index in [1.165, 1.54) is 11.1 Å². The highest BCUT2D eigenvalue weighted by Crippen LogP contribution is 2.14. The largest absolute Gasteiger partial charge is 0.497 e. The Balaban J connectivity index is 1.60. The van der Waals surface area contributed by atoms with Crippen LogP contribution in [0.4, 0.5) is 0 Å². The lowest BCUT2D eigenvalue weighted by Crippen LogP contribution is -2.17. The van der Waals surface area contributed by atoms with Crippen molar-refractivity contribution in [2.75, 3.05) is 7.11 Å². The number of aromatic nitrogens is 3. The number of benzene rings is 1. The first-order valence-corrected chi connectivity index (χ1v) is 7.58. The molecule has 23 heavy (non-hydrogen) atoms. The summed E-state index contributed by atoms with van der Waals surface area (Å²) >= 11 is 0. The molecule has 5 nitrogen and oxygen atoms in total. The molecule has 0 unspecified atom stereocenters. The molecule has 0 aliphatic rings. The molecular weight excluding hydrogens is 288 g/mol. The molecule has 0 aliphatic heterocycles. The summed E-state index contributed by atoms with van der Waals surface area (Å²) in [5.41, 5.74) is 2.36. The lowest BCUT2D eigenvalue weighted by Gasteiger charge is -2.10. The van der Waals surface area contributed by atoms with E-state index in [0.717, 1.165) is 24.7 Å². The second kappa shape index (κ2) is 7.56. The van der Waals surface area contributed by atoms with Crippen LogP contribution in [0.5, 0.6) is 5.75 Å². The van der Waals surface area contributed by atoms with Crippen molar-refractivity contribution in [2.24, 2.45) is 0 Å². The smallest absolute Gasteiger partial charge is 0.122 e. The molecule has 118 valence electrons. The van der Waals surface area contributed by atoms with Crippen molar-refractivity contribution in [3.63, 3.8) is 0 Å². The minimum absolute atomic E-state index is 0.714. The summed E-state index contributed by atoms with van der Waals surface area (Å²) in [4.78, 5) is 8.56. The third-order valence-electron chi connectivity index (χ3n) is 3.62. The number of ether oxygens (including phenoxy) is 1. The number of nitrogens with one attached hydrogen (secondary N) is 1. The van der Waals surface area contributed by atoms with Gasteiger partial charge in [-0.15, -0.1) is 0 Å². The van der Waals surface area contributed by atoms with E-state index in [-0.39, 0.29) is 0 Å². The van der Waals surface area contributed by atoms with Crippen LogP contribution < -0.4 is 10.1 Å². The minimum atomic E-state index is 0.714. The van der Waals surface area contributed by atoms with Gasteiger partial charge in [-0.25, -0.2) is 4.98 Å². The number of pyridine rings is 1. The molecule has 2 aromatic heterocycles. The molecule has 0 aliphatic carbocycles. The maximum atomic E-state index is 5.28. The maximum absolute atomic E-state index is 5.28. The topological polar surface area (TPSA) is 52.0 Å². The lowest BCUT2D eigenvalue weighted by molar-refractivity contribution is 0.414. The van der Waals surface area contributed by atoms with Crippen LogP contribution in [0.2, 0.25) is 0 Å². The van der Waals surface area contributed by atoms with Gasteiger partial charge in [-0.05, 0) is 29.3 Å². The Morgan fingerprint density at radius 3 is 2.83 bits per heavy atom. The van der Waals surface area contributed by atoms with Gasteiger partial charge in [0.05, 0.1) is 13.7 Å². The Hall–Kier alpha value is -2.66. The molecule has 1 N–H and O–H groups in total. The number of nitrogens with zero attached hydrogens (tertiary/aromatic N) is 3. The Kier molecular flexibility index (Phi) is 5.01. The first kappa shape index (κ1) is 15.2. The third-order valence-corrected chi connectivity index (χ3v) is 3.62. The fourth-order valence-corrected chi connectivity index (χ4v) is 2.44. The predicted octanol–water partition coefficient (Wildman–Crippen LogP) is 2.62. The number of hydrogen-bond acceptors (Lipinski definition) is 4. The quantitative estimate of drug-likeness (QED) is 0.729. The van der Waals surface area contributed by atoms with Crippen molar-refractivity contribution in [3.8, 4) is 5.75 Å². The zero-order valence-electron chi connectivity index (χ0n) is 13.1. The predicted molar refractivity (Wildman–Crippen MR) is 89.1 cm³/mol. The van der Waals surface area contributed by atoms with Crippen LogP contribution in [-0.4, -0.2) is 21.6 Å². The molecule has 0 radical (unpaired) electrons. The van der Waals surface area contributed by atoms with E-state index in [1.807, 2.05) is 42.9 Å². The van der Waals surface area contributed by atoms with E-state index in [0.29, 0.717) is 6.54 Å². The zero-order chi connectivity index (χ0) is 15.9. The Labute approximate surface area is 136 Å². The summed E-state index contributed by atoms with van der Waals surface area (Å²) in [7, 11) is 1.68. The van der Waals surface area contributed by atoms with Gasteiger partial charge in [0.25, 0.3) is 0 Å². The van der Waals surface area contributed by atoms with Crippen molar-refractivity contribution in [1.29, 1.82) is 0 Å². The van der Waals surface area contributed by atoms with Gasteiger partial charge < -0.3 is 14.6 Å². The fraction of sp³-hybridized carbons (Fsp3) is 0.222. The number of methoxy groups -OCH3 is 1. The first-order valence-electron chi connectivity index (χ1n) is 7.58. The molecule has 1 aromatic carbocycles. The van der Waals surface area contributed by atoms with Gasteiger partial charge in [-0.1, -0.05) is 18.2 Å². The lowest BCUT2D eigenvalue weighted by atomic mass is 10.2. The average Bonchev–Trinajstić information content (AvgIpc) is 3.03. The van der Waals surface area contributed by atoms with E-state index in [4.69, 9.17) is 4.74 Å². The molecule has 0 atom stereocenters. The van der Waals surface area contributed by atoms with Crippen molar-refractivity contribution >= 4 is 0 Å². The molecule has 0 spiro atoms. The van der Waals surface area contributed by atoms with Crippen LogP contribution in [0.25, 0.3) is 0 Å². The summed E-state index contributed by atoms with van der Waals surface area (Å²) in [6, 6.07) is 12.1. The fourth-order valence-electron chi connectivity index (χ4n) is 2.44. The highest BCUT2D eigenvalue weighted by molar-refractivity contribution is 5.28. The first-order chi connectivity index (χ1) is 11.3. The van der Waals surface area contributed by atoms with Crippen molar-refractivity contribution in [1.82, 2.24) is 19.9 Å². The number of rotatable bonds is 7. The van der Waals surface area contributed by atoms with Gasteiger partial charge in [0, 0.05) is 37.9 Å². The van der Waals surface area contributed by atoms with Crippen LogP contribution in [0.3, 0.4) is 0 Å². The van der Waals surface area contributed by atoms with Crippen molar-refractivity contribution in [3.05, 3.63) is 78.1 Å². The average molecular weight is 308 g/mol. The molecule has 5 heteroatoms. The van der Waals surface area contributed by atoms with Gasteiger partial charge in [-0.2, -0.15) is 0 Å². The van der Waals surface area contributed by atoms with E-state index in [2.05, 4.69) is 32.0 Å².